The van der Waals surface area contributed by atoms with Crippen molar-refractivity contribution in [3.8, 4) is 0 Å². The predicted octanol–water partition coefficient (Wildman–Crippen LogP) is 5.86. The van der Waals surface area contributed by atoms with Gasteiger partial charge in [-0.1, -0.05) is 55.5 Å². The van der Waals surface area contributed by atoms with Gasteiger partial charge < -0.3 is 5.32 Å². The van der Waals surface area contributed by atoms with E-state index in [0.717, 1.165) is 17.8 Å². The number of hydrogen-bond donors (Lipinski definition) is 2. The molecule has 4 aromatic rings. The van der Waals surface area contributed by atoms with Gasteiger partial charge in [0.25, 0.3) is 0 Å². The minimum Gasteiger partial charge on any atom is -0.334 e. The summed E-state index contributed by atoms with van der Waals surface area (Å²) in [4.78, 5) is 19.8. The maximum absolute atomic E-state index is 12.0. The molecule has 1 aromatic heterocycles. The highest BCUT2D eigenvalue weighted by Crippen LogP contribution is 2.34. The molecule has 0 atom stereocenters. The minimum absolute atomic E-state index is 0.0744. The molecule has 0 aliphatic carbocycles. The molecule has 0 aliphatic rings. The first-order valence-electron chi connectivity index (χ1n) is 10.2. The van der Waals surface area contributed by atoms with Gasteiger partial charge in [0.05, 0.1) is 16.3 Å². The standard InChI is InChI=1S/C24H22N6O2/c1-2-18-13-15-19(16-14-18)27-23-22(30(31)32)24(26-17-25-23)28-29(20-9-5-3-6-10-20)21-11-7-4-8-12-21/h3-17H,2H2,1H3,(H2,25,26,27,28). The van der Waals surface area contributed by atoms with Gasteiger partial charge in [-0.2, -0.15) is 0 Å². The number of anilines is 5. The molecule has 8 heteroatoms. The first kappa shape index (κ1) is 20.8. The topological polar surface area (TPSA) is 96.2 Å². The summed E-state index contributed by atoms with van der Waals surface area (Å²) in [5.74, 6) is 0.184. The molecule has 2 N–H and O–H groups in total. The number of nitrogens with zero attached hydrogens (tertiary/aromatic N) is 4. The monoisotopic (exact) mass is 426 g/mol. The Morgan fingerprint density at radius 2 is 1.41 bits per heavy atom. The third-order valence-corrected chi connectivity index (χ3v) is 4.88. The quantitative estimate of drug-likeness (QED) is 0.269. The molecular weight excluding hydrogens is 404 g/mol. The van der Waals surface area contributed by atoms with Gasteiger partial charge in [0.1, 0.15) is 6.33 Å². The van der Waals surface area contributed by atoms with Crippen LogP contribution in [0, 0.1) is 10.1 Å². The summed E-state index contributed by atoms with van der Waals surface area (Å²) in [7, 11) is 0. The molecule has 0 saturated carbocycles. The lowest BCUT2D eigenvalue weighted by Gasteiger charge is -2.26. The molecule has 1 heterocycles. The van der Waals surface area contributed by atoms with Gasteiger partial charge >= 0.3 is 5.69 Å². The summed E-state index contributed by atoms with van der Waals surface area (Å²) in [5.41, 5.74) is 6.35. The summed E-state index contributed by atoms with van der Waals surface area (Å²) < 4.78 is 0. The van der Waals surface area contributed by atoms with Crippen molar-refractivity contribution in [3.05, 3.63) is 107 Å². The van der Waals surface area contributed by atoms with E-state index in [9.17, 15) is 10.1 Å². The first-order valence-corrected chi connectivity index (χ1v) is 10.2. The van der Waals surface area contributed by atoms with Crippen molar-refractivity contribution in [3.63, 3.8) is 0 Å². The number of para-hydroxylation sites is 2. The van der Waals surface area contributed by atoms with E-state index in [1.807, 2.05) is 84.9 Å². The molecule has 3 aromatic carbocycles. The minimum atomic E-state index is -0.487. The van der Waals surface area contributed by atoms with Crippen LogP contribution in [0.1, 0.15) is 12.5 Å². The molecule has 0 unspecified atom stereocenters. The van der Waals surface area contributed by atoms with E-state index in [2.05, 4.69) is 27.6 Å². The molecule has 0 aliphatic heterocycles. The smallest absolute Gasteiger partial charge is 0.334 e. The number of nitro groups is 1. The number of rotatable bonds is 8. The molecule has 0 radical (unpaired) electrons. The van der Waals surface area contributed by atoms with E-state index in [0.29, 0.717) is 5.69 Å². The Morgan fingerprint density at radius 1 is 0.844 bits per heavy atom. The predicted molar refractivity (Wildman–Crippen MR) is 126 cm³/mol. The second-order valence-corrected chi connectivity index (χ2v) is 6.97. The van der Waals surface area contributed by atoms with Crippen LogP contribution in [0.5, 0.6) is 0 Å². The number of benzene rings is 3. The van der Waals surface area contributed by atoms with Crippen LogP contribution < -0.4 is 15.8 Å². The van der Waals surface area contributed by atoms with Crippen LogP contribution >= 0.6 is 0 Å². The average molecular weight is 426 g/mol. The highest BCUT2D eigenvalue weighted by Gasteiger charge is 2.25. The van der Waals surface area contributed by atoms with E-state index < -0.39 is 4.92 Å². The van der Waals surface area contributed by atoms with Crippen molar-refractivity contribution in [1.82, 2.24) is 9.97 Å². The van der Waals surface area contributed by atoms with E-state index in [1.54, 1.807) is 5.01 Å². The van der Waals surface area contributed by atoms with Gasteiger partial charge in [-0.3, -0.25) is 20.5 Å². The van der Waals surface area contributed by atoms with Gasteiger partial charge in [0.15, 0.2) is 0 Å². The summed E-state index contributed by atoms with van der Waals surface area (Å²) in [6.07, 6.45) is 2.21. The summed E-state index contributed by atoms with van der Waals surface area (Å²) in [6, 6.07) is 26.7. The van der Waals surface area contributed by atoms with Crippen LogP contribution in [0.15, 0.2) is 91.3 Å². The molecule has 8 nitrogen and oxygen atoms in total. The normalized spacial score (nSPS) is 10.4. The average Bonchev–Trinajstić information content (AvgIpc) is 2.84. The zero-order valence-corrected chi connectivity index (χ0v) is 17.5. The van der Waals surface area contributed by atoms with Crippen molar-refractivity contribution in [2.45, 2.75) is 13.3 Å². The van der Waals surface area contributed by atoms with Crippen molar-refractivity contribution in [1.29, 1.82) is 0 Å². The largest absolute Gasteiger partial charge is 0.355 e. The molecule has 0 spiro atoms. The lowest BCUT2D eigenvalue weighted by atomic mass is 10.1. The Balaban J connectivity index is 1.71. The lowest BCUT2D eigenvalue weighted by Crippen LogP contribution is -2.26. The fourth-order valence-electron chi connectivity index (χ4n) is 3.22. The fraction of sp³-hybridized carbons (Fsp3) is 0.0833. The van der Waals surface area contributed by atoms with Gasteiger partial charge in [-0.05, 0) is 48.4 Å². The van der Waals surface area contributed by atoms with E-state index in [4.69, 9.17) is 0 Å². The third kappa shape index (κ3) is 4.65. The lowest BCUT2D eigenvalue weighted by molar-refractivity contribution is -0.383. The molecule has 0 saturated heterocycles. The SMILES string of the molecule is CCc1ccc(Nc2ncnc(NN(c3ccccc3)c3ccccc3)c2[N+](=O)[O-])cc1. The molecule has 160 valence electrons. The van der Waals surface area contributed by atoms with Crippen LogP contribution in [0.25, 0.3) is 0 Å². The number of hydrazine groups is 1. The summed E-state index contributed by atoms with van der Waals surface area (Å²) in [5, 5.41) is 16.8. The van der Waals surface area contributed by atoms with Crippen molar-refractivity contribution in [2.24, 2.45) is 0 Å². The van der Waals surface area contributed by atoms with E-state index >= 15 is 0 Å². The molecule has 0 amide bonds. The summed E-state index contributed by atoms with van der Waals surface area (Å²) in [6.45, 7) is 2.07. The Morgan fingerprint density at radius 3 is 1.94 bits per heavy atom. The van der Waals surface area contributed by atoms with Crippen LogP contribution in [0.2, 0.25) is 0 Å². The second-order valence-electron chi connectivity index (χ2n) is 6.97. The highest BCUT2D eigenvalue weighted by atomic mass is 16.6. The van der Waals surface area contributed by atoms with E-state index in [-0.39, 0.29) is 17.3 Å². The Labute approximate surface area is 185 Å². The van der Waals surface area contributed by atoms with Crippen LogP contribution in [-0.2, 0) is 6.42 Å². The third-order valence-electron chi connectivity index (χ3n) is 4.88. The second kappa shape index (κ2) is 9.57. The van der Waals surface area contributed by atoms with Gasteiger partial charge in [-0.25, -0.2) is 9.97 Å². The van der Waals surface area contributed by atoms with Gasteiger partial charge in [-0.15, -0.1) is 0 Å². The van der Waals surface area contributed by atoms with Crippen molar-refractivity contribution in [2.75, 3.05) is 15.8 Å². The zero-order chi connectivity index (χ0) is 22.3. The molecule has 0 fully saturated rings. The molecule has 4 rings (SSSR count). The molecule has 0 bridgehead atoms. The van der Waals surface area contributed by atoms with Crippen molar-refractivity contribution < 1.29 is 4.92 Å². The Hall–Kier alpha value is -4.46. The van der Waals surface area contributed by atoms with Gasteiger partial charge in [0.2, 0.25) is 11.6 Å². The van der Waals surface area contributed by atoms with E-state index in [1.165, 1.54) is 11.9 Å². The van der Waals surface area contributed by atoms with Crippen LogP contribution in [0.3, 0.4) is 0 Å². The molecular formula is C24H22N6O2. The number of hydrogen-bond acceptors (Lipinski definition) is 7. The zero-order valence-electron chi connectivity index (χ0n) is 17.5. The number of nitrogens with one attached hydrogen (secondary N) is 2. The maximum Gasteiger partial charge on any atom is 0.355 e. The Kier molecular flexibility index (Phi) is 6.22. The van der Waals surface area contributed by atoms with Gasteiger partial charge in [0, 0.05) is 5.69 Å². The Bertz CT molecular complexity index is 1140. The first-order chi connectivity index (χ1) is 15.7. The number of aryl methyl sites for hydroxylation is 1. The van der Waals surface area contributed by atoms with Crippen molar-refractivity contribution >= 4 is 34.4 Å². The fourth-order valence-corrected chi connectivity index (χ4v) is 3.22. The highest BCUT2D eigenvalue weighted by molar-refractivity contribution is 5.77. The maximum atomic E-state index is 12.0. The number of aromatic nitrogens is 2. The molecule has 32 heavy (non-hydrogen) atoms. The van der Waals surface area contributed by atoms with Crippen LogP contribution in [0.4, 0.5) is 34.4 Å². The summed E-state index contributed by atoms with van der Waals surface area (Å²) >= 11 is 0. The van der Waals surface area contributed by atoms with Crippen LogP contribution in [-0.4, -0.2) is 14.9 Å².